The molecule has 0 bridgehead atoms. The van der Waals surface area contributed by atoms with Gasteiger partial charge in [0.1, 0.15) is 0 Å². The Morgan fingerprint density at radius 3 is 2.57 bits per heavy atom. The minimum absolute atomic E-state index is 0.0465. The number of Topliss-reactive ketones (excluding diaryl/α,β-unsaturated/α-hetero) is 1. The lowest BCUT2D eigenvalue weighted by Crippen LogP contribution is -2.54. The molecule has 0 radical (unpaired) electrons. The maximum Gasteiger partial charge on any atom is 0.152 e. The third kappa shape index (κ3) is 2.10. The molecule has 3 fully saturated rings. The van der Waals surface area contributed by atoms with Crippen LogP contribution in [0.2, 0.25) is 0 Å². The van der Waals surface area contributed by atoms with E-state index in [-0.39, 0.29) is 33.6 Å². The molecule has 4 rings (SSSR count). The molecule has 3 nitrogen and oxygen atoms in total. The summed E-state index contributed by atoms with van der Waals surface area (Å²) in [4.78, 5) is 12.6. The molecule has 0 aromatic heterocycles. The third-order valence-corrected chi connectivity index (χ3v) is 8.59. The number of aliphatic hydroxyl groups is 2. The van der Waals surface area contributed by atoms with Crippen molar-refractivity contribution in [3.8, 4) is 0 Å². The fourth-order valence-corrected chi connectivity index (χ4v) is 7.31. The molecule has 4 aliphatic rings. The first-order valence-corrected chi connectivity index (χ1v) is 9.94. The molecule has 23 heavy (non-hydrogen) atoms. The SMILES string of the molecule is C[C@]12CC[C@H](O)CC1=C[C@H](O)C1C2CC[C@]2(C)C(=O)[C@H](Br)CC12. The molecule has 0 aromatic carbocycles. The summed E-state index contributed by atoms with van der Waals surface area (Å²) < 4.78 is 0. The third-order valence-electron chi connectivity index (χ3n) is 7.80. The average molecular weight is 383 g/mol. The highest BCUT2D eigenvalue weighted by Gasteiger charge is 2.62. The first-order valence-electron chi connectivity index (χ1n) is 9.03. The van der Waals surface area contributed by atoms with E-state index < -0.39 is 6.10 Å². The van der Waals surface area contributed by atoms with Gasteiger partial charge in [0.05, 0.1) is 17.0 Å². The van der Waals surface area contributed by atoms with Crippen molar-refractivity contribution in [2.24, 2.45) is 28.6 Å². The van der Waals surface area contributed by atoms with E-state index >= 15 is 0 Å². The van der Waals surface area contributed by atoms with Crippen molar-refractivity contribution in [1.82, 2.24) is 0 Å². The Morgan fingerprint density at radius 1 is 1.13 bits per heavy atom. The zero-order valence-electron chi connectivity index (χ0n) is 14.0. The van der Waals surface area contributed by atoms with Crippen molar-refractivity contribution in [2.45, 2.75) is 69.4 Å². The molecular formula is C19H27BrO3. The summed E-state index contributed by atoms with van der Waals surface area (Å²) in [7, 11) is 0. The van der Waals surface area contributed by atoms with Crippen molar-refractivity contribution in [1.29, 1.82) is 0 Å². The second kappa shape index (κ2) is 5.15. The molecular weight excluding hydrogens is 356 g/mol. The molecule has 0 saturated heterocycles. The molecule has 0 aromatic rings. The zero-order valence-corrected chi connectivity index (χ0v) is 15.6. The predicted molar refractivity (Wildman–Crippen MR) is 92.2 cm³/mol. The number of carbonyl (C=O) groups is 1. The van der Waals surface area contributed by atoms with Gasteiger partial charge in [-0.1, -0.05) is 41.4 Å². The number of halogens is 1. The number of rotatable bonds is 0. The van der Waals surface area contributed by atoms with Crippen molar-refractivity contribution in [3.05, 3.63) is 11.6 Å². The summed E-state index contributed by atoms with van der Waals surface area (Å²) in [6.45, 7) is 4.45. The highest BCUT2D eigenvalue weighted by molar-refractivity contribution is 9.10. The fraction of sp³-hybridized carbons (Fsp3) is 0.842. The fourth-order valence-electron chi connectivity index (χ4n) is 6.38. The van der Waals surface area contributed by atoms with Crippen molar-refractivity contribution in [2.75, 3.05) is 0 Å². The van der Waals surface area contributed by atoms with E-state index in [4.69, 9.17) is 0 Å². The second-order valence-electron chi connectivity index (χ2n) is 8.81. The molecule has 128 valence electrons. The van der Waals surface area contributed by atoms with Gasteiger partial charge in [0.25, 0.3) is 0 Å². The van der Waals surface area contributed by atoms with E-state index in [1.807, 2.05) is 6.08 Å². The van der Waals surface area contributed by atoms with Crippen LogP contribution in [0.5, 0.6) is 0 Å². The Morgan fingerprint density at radius 2 is 1.83 bits per heavy atom. The van der Waals surface area contributed by atoms with Gasteiger partial charge in [0, 0.05) is 5.41 Å². The van der Waals surface area contributed by atoms with E-state index in [9.17, 15) is 15.0 Å². The van der Waals surface area contributed by atoms with Crippen LogP contribution in [0.3, 0.4) is 0 Å². The Hall–Kier alpha value is -0.190. The number of hydrogen-bond acceptors (Lipinski definition) is 3. The van der Waals surface area contributed by atoms with Crippen LogP contribution in [-0.4, -0.2) is 33.0 Å². The van der Waals surface area contributed by atoms with Gasteiger partial charge in [-0.25, -0.2) is 0 Å². The van der Waals surface area contributed by atoms with Gasteiger partial charge >= 0.3 is 0 Å². The first-order chi connectivity index (χ1) is 10.8. The molecule has 0 heterocycles. The maximum absolute atomic E-state index is 12.7. The summed E-state index contributed by atoms with van der Waals surface area (Å²) in [6, 6.07) is 0. The minimum atomic E-state index is -0.469. The smallest absolute Gasteiger partial charge is 0.152 e. The lowest BCUT2D eigenvalue weighted by atomic mass is 9.47. The first kappa shape index (κ1) is 16.3. The number of aliphatic hydroxyl groups excluding tert-OH is 2. The summed E-state index contributed by atoms with van der Waals surface area (Å²) in [6.07, 6.45) is 6.69. The highest BCUT2D eigenvalue weighted by atomic mass is 79.9. The number of hydrogen-bond donors (Lipinski definition) is 2. The van der Waals surface area contributed by atoms with Crippen LogP contribution in [0.15, 0.2) is 11.6 Å². The molecule has 4 aliphatic carbocycles. The number of alkyl halides is 1. The Kier molecular flexibility index (Phi) is 3.65. The second-order valence-corrected chi connectivity index (χ2v) is 9.92. The largest absolute Gasteiger partial charge is 0.393 e. The molecule has 3 unspecified atom stereocenters. The van der Waals surface area contributed by atoms with Gasteiger partial charge in [0.15, 0.2) is 5.78 Å². The zero-order chi connectivity index (χ0) is 16.6. The summed E-state index contributed by atoms with van der Waals surface area (Å²) in [5.41, 5.74) is 1.08. The van der Waals surface area contributed by atoms with E-state index in [2.05, 4.69) is 29.8 Å². The molecule has 8 atom stereocenters. The quantitative estimate of drug-likeness (QED) is 0.499. The number of fused-ring (bicyclic) bond motifs is 5. The van der Waals surface area contributed by atoms with Gasteiger partial charge in [-0.3, -0.25) is 4.79 Å². The van der Waals surface area contributed by atoms with Gasteiger partial charge in [0.2, 0.25) is 0 Å². The molecule has 3 saturated carbocycles. The van der Waals surface area contributed by atoms with Crippen molar-refractivity contribution >= 4 is 21.7 Å². The van der Waals surface area contributed by atoms with E-state index in [0.717, 1.165) is 32.1 Å². The highest BCUT2D eigenvalue weighted by Crippen LogP contribution is 2.64. The predicted octanol–water partition coefficient (Wildman–Crippen LogP) is 3.22. The summed E-state index contributed by atoms with van der Waals surface area (Å²) in [5.74, 6) is 1.24. The van der Waals surface area contributed by atoms with Crippen LogP contribution in [0.25, 0.3) is 0 Å². The molecule has 0 aliphatic heterocycles. The van der Waals surface area contributed by atoms with Crippen LogP contribution < -0.4 is 0 Å². The average Bonchev–Trinajstić information content (AvgIpc) is 2.73. The van der Waals surface area contributed by atoms with Crippen LogP contribution in [0.4, 0.5) is 0 Å². The topological polar surface area (TPSA) is 57.5 Å². The number of carbonyl (C=O) groups excluding carboxylic acids is 1. The lowest BCUT2D eigenvalue weighted by Gasteiger charge is -2.57. The molecule has 0 spiro atoms. The van der Waals surface area contributed by atoms with Crippen molar-refractivity contribution < 1.29 is 15.0 Å². The minimum Gasteiger partial charge on any atom is -0.393 e. The Labute approximate surface area is 146 Å². The van der Waals surface area contributed by atoms with E-state index in [0.29, 0.717) is 18.1 Å². The Balaban J connectivity index is 1.75. The number of ketones is 1. The van der Waals surface area contributed by atoms with Crippen LogP contribution >= 0.6 is 15.9 Å². The molecule has 4 heteroatoms. The standard InChI is InChI=1S/C19H27BrO3/c1-18-5-3-11(21)7-10(18)8-15(22)16-12(18)4-6-19(2)13(16)9-14(20)17(19)23/h8,11-16,21-22H,3-7,9H2,1-2H3/t11-,12?,13?,14+,15-,16?,18-,19-/m0/s1. The van der Waals surface area contributed by atoms with E-state index in [1.54, 1.807) is 0 Å². The molecule has 0 amide bonds. The van der Waals surface area contributed by atoms with Crippen molar-refractivity contribution in [3.63, 3.8) is 0 Å². The van der Waals surface area contributed by atoms with Gasteiger partial charge in [-0.2, -0.15) is 0 Å². The normalized spacial score (nSPS) is 55.7. The summed E-state index contributed by atoms with van der Waals surface area (Å²) in [5, 5.41) is 20.9. The monoisotopic (exact) mass is 382 g/mol. The van der Waals surface area contributed by atoms with Crippen LogP contribution in [-0.2, 0) is 4.79 Å². The lowest BCUT2D eigenvalue weighted by molar-refractivity contribution is -0.135. The van der Waals surface area contributed by atoms with Crippen LogP contribution in [0.1, 0.15) is 52.4 Å². The van der Waals surface area contributed by atoms with Gasteiger partial charge < -0.3 is 10.2 Å². The Bertz CT molecular complexity index is 573. The van der Waals surface area contributed by atoms with E-state index in [1.165, 1.54) is 5.57 Å². The maximum atomic E-state index is 12.7. The summed E-state index contributed by atoms with van der Waals surface area (Å²) >= 11 is 3.58. The van der Waals surface area contributed by atoms with Gasteiger partial charge in [-0.15, -0.1) is 0 Å². The van der Waals surface area contributed by atoms with Gasteiger partial charge in [-0.05, 0) is 61.7 Å². The van der Waals surface area contributed by atoms with Crippen LogP contribution in [0, 0.1) is 28.6 Å². The molecule has 2 N–H and O–H groups in total.